The summed E-state index contributed by atoms with van der Waals surface area (Å²) >= 11 is -2.66. The van der Waals surface area contributed by atoms with Crippen LogP contribution in [0.1, 0.15) is 13.8 Å². The van der Waals surface area contributed by atoms with Gasteiger partial charge in [0.05, 0.1) is 14.7 Å². The molecule has 0 unspecified atom stereocenters. The molecule has 41 heteroatoms. The van der Waals surface area contributed by atoms with Crippen molar-refractivity contribution in [2.45, 2.75) is 109 Å². The number of carbonyl (C=O) groups is 3. The molecule has 0 N–H and O–H groups in total. The molecular formula is C33H19F35O3S3. The average molecular weight is 1220 g/mol. The molecule has 0 aromatic heterocycles. The fourth-order valence-corrected chi connectivity index (χ4v) is 5.08. The first kappa shape index (κ1) is 74.3. The van der Waals surface area contributed by atoms with Crippen LogP contribution in [0.5, 0.6) is 0 Å². The van der Waals surface area contributed by atoms with E-state index in [0.717, 1.165) is 13.8 Å². The van der Waals surface area contributed by atoms with Crippen molar-refractivity contribution in [2.24, 2.45) is 0 Å². The van der Waals surface area contributed by atoms with Crippen molar-refractivity contribution in [3.63, 3.8) is 0 Å². The lowest BCUT2D eigenvalue weighted by Gasteiger charge is -2.39. The second kappa shape index (κ2) is 22.2. The lowest BCUT2D eigenvalue weighted by Crippen LogP contribution is -2.70. The van der Waals surface area contributed by atoms with E-state index in [1.807, 2.05) is 0 Å². The van der Waals surface area contributed by atoms with Crippen molar-refractivity contribution in [2.75, 3.05) is 0 Å². The van der Waals surface area contributed by atoms with Crippen LogP contribution in [0.25, 0.3) is 0 Å². The largest absolute Gasteiger partial charge is 0.460 e. The van der Waals surface area contributed by atoms with Gasteiger partial charge in [0.2, 0.25) is 15.3 Å². The molecule has 0 heterocycles. The Morgan fingerprint density at radius 1 is 0.297 bits per heavy atom. The fraction of sp³-hybridized carbons (Fsp3) is 0.545. The number of rotatable bonds is 19. The van der Waals surface area contributed by atoms with Gasteiger partial charge in [0, 0.05) is 0 Å². The standard InChI is InChI=1S/C12H7F13OS.C11H5F13OS.C10H7F9OS/c1-4(2)6(26)27-5(3)7(13,14)8(15,16)9(17,18)10(19,20)11(21,22)12(23,24)25;1-3-5(25)26-4(2)6(12,13)7(14,15)8(16,17)9(18,19)10(20,21)11(22,23)24;1-4(2)6(20)21-5(3)7(11,12)8(13,14)9(15,16)10(17,18)19/h1,3H2,2H3;3H,1-2H2;1,3H2,2H3. The summed E-state index contributed by atoms with van der Waals surface area (Å²) in [5.74, 6) is -95.2. The van der Waals surface area contributed by atoms with Crippen LogP contribution >= 0.6 is 35.3 Å². The molecule has 0 aliphatic heterocycles. The molecule has 0 spiro atoms. The monoisotopic (exact) mass is 1220 g/mol. The number of allylic oxidation sites excluding steroid dienone is 3. The highest BCUT2D eigenvalue weighted by molar-refractivity contribution is 8.18. The van der Waals surface area contributed by atoms with E-state index in [-0.39, 0.29) is 6.08 Å². The second-order valence-corrected chi connectivity index (χ2v) is 16.4. The molecule has 0 saturated carbocycles. The molecule has 0 aliphatic rings. The van der Waals surface area contributed by atoms with Crippen molar-refractivity contribution < 1.29 is 168 Å². The molecule has 0 fully saturated rings. The molecular weight excluding hydrogens is 1210 g/mol. The van der Waals surface area contributed by atoms with E-state index >= 15 is 0 Å². The Morgan fingerprint density at radius 2 is 0.459 bits per heavy atom. The molecule has 432 valence electrons. The Labute approximate surface area is 399 Å². The van der Waals surface area contributed by atoms with E-state index in [2.05, 4.69) is 39.5 Å². The SMILES string of the molecule is C=C(C)C(=O)SC(=C)C(F)(F)C(F)(F)C(F)(F)C(F)(F)C(F)(F)C(F)(F)F.C=C(C)C(=O)SC(=C)C(F)(F)C(F)(F)C(F)(F)C(F)(F)F.C=CC(=O)SC(=C)C(F)(F)C(F)(F)C(F)(F)C(F)(F)C(F)(F)C(F)(F)F. The first-order chi connectivity index (χ1) is 31.6. The van der Waals surface area contributed by atoms with Crippen molar-refractivity contribution in [3.05, 3.63) is 71.4 Å². The number of hydrogen-bond donors (Lipinski definition) is 0. The van der Waals surface area contributed by atoms with E-state index in [1.54, 1.807) is 0 Å². The molecule has 0 amide bonds. The maximum absolute atomic E-state index is 13.5. The minimum absolute atomic E-state index is 0.189. The third kappa shape index (κ3) is 13.1. The number of halogens is 35. The Hall–Kier alpha value is -3.95. The molecule has 0 atom stereocenters. The van der Waals surface area contributed by atoms with Crippen LogP contribution in [-0.2, 0) is 14.4 Å². The van der Waals surface area contributed by atoms with E-state index in [4.69, 9.17) is 0 Å². The Morgan fingerprint density at radius 3 is 0.635 bits per heavy atom. The van der Waals surface area contributed by atoms with Gasteiger partial charge < -0.3 is 0 Å². The first-order valence-corrected chi connectivity index (χ1v) is 18.9. The van der Waals surface area contributed by atoms with Crippen LogP contribution in [0, 0.1) is 0 Å². The smallest absolute Gasteiger partial charge is 0.282 e. The maximum atomic E-state index is 13.5. The number of alkyl halides is 35. The molecule has 3 nitrogen and oxygen atoms in total. The fourth-order valence-electron chi connectivity index (χ4n) is 3.19. The lowest BCUT2D eigenvalue weighted by molar-refractivity contribution is -0.436. The summed E-state index contributed by atoms with van der Waals surface area (Å²) in [5.41, 5.74) is -1.02. The highest BCUT2D eigenvalue weighted by atomic mass is 32.2. The Balaban J connectivity index is -0.00000103. The first-order valence-electron chi connectivity index (χ1n) is 16.4. The number of thioether (sulfide) groups is 3. The maximum Gasteiger partial charge on any atom is 0.460 e. The van der Waals surface area contributed by atoms with Gasteiger partial charge in [-0.3, -0.25) is 14.4 Å². The van der Waals surface area contributed by atoms with Gasteiger partial charge in [-0.25, -0.2) is 0 Å². The van der Waals surface area contributed by atoms with Crippen LogP contribution in [0.4, 0.5) is 154 Å². The molecule has 0 aliphatic carbocycles. The van der Waals surface area contributed by atoms with Crippen LogP contribution < -0.4 is 0 Å². The third-order valence-electron chi connectivity index (χ3n) is 7.58. The summed E-state index contributed by atoms with van der Waals surface area (Å²) < 4.78 is 447. The summed E-state index contributed by atoms with van der Waals surface area (Å²) in [7, 11) is 0. The molecule has 74 heavy (non-hydrogen) atoms. The molecule has 0 saturated heterocycles. The number of carbonyl (C=O) groups excluding carboxylic acids is 3. The topological polar surface area (TPSA) is 51.2 Å². The van der Waals surface area contributed by atoms with Crippen LogP contribution in [0.3, 0.4) is 0 Å². The summed E-state index contributed by atoms with van der Waals surface area (Å²) in [6.45, 7) is 16.8. The van der Waals surface area contributed by atoms with Gasteiger partial charge in [0.1, 0.15) is 0 Å². The highest BCUT2D eigenvalue weighted by Gasteiger charge is 2.92. The zero-order chi connectivity index (χ0) is 61.4. The predicted molar refractivity (Wildman–Crippen MR) is 188 cm³/mol. The molecule has 0 rings (SSSR count). The molecule has 0 aromatic carbocycles. The van der Waals surface area contributed by atoms with Gasteiger partial charge >= 0.3 is 95.5 Å². The Kier molecular flexibility index (Phi) is 22.3. The minimum atomic E-state index is -7.99. The van der Waals surface area contributed by atoms with Crippen LogP contribution in [0.15, 0.2) is 71.4 Å². The molecule has 0 radical (unpaired) electrons. The zero-order valence-electron chi connectivity index (χ0n) is 34.5. The van der Waals surface area contributed by atoms with Gasteiger partial charge in [-0.1, -0.05) is 39.5 Å². The quantitative estimate of drug-likeness (QED) is 0.0949. The van der Waals surface area contributed by atoms with Gasteiger partial charge in [0.25, 0.3) is 0 Å². The van der Waals surface area contributed by atoms with E-state index < -0.39 is 172 Å². The van der Waals surface area contributed by atoms with Crippen molar-refractivity contribution in [1.82, 2.24) is 0 Å². The minimum Gasteiger partial charge on any atom is -0.282 e. The molecule has 0 aromatic rings. The van der Waals surface area contributed by atoms with E-state index in [1.165, 1.54) is 0 Å². The van der Waals surface area contributed by atoms with Gasteiger partial charge in [-0.2, -0.15) is 154 Å². The molecule has 0 bridgehead atoms. The van der Waals surface area contributed by atoms with Crippen molar-refractivity contribution >= 4 is 50.6 Å². The second-order valence-electron chi connectivity index (χ2n) is 13.2. The third-order valence-corrected chi connectivity index (χ3v) is 10.5. The van der Waals surface area contributed by atoms with E-state index in [9.17, 15) is 168 Å². The number of hydrogen-bond acceptors (Lipinski definition) is 6. The van der Waals surface area contributed by atoms with E-state index in [0.29, 0.717) is 0 Å². The van der Waals surface area contributed by atoms with Gasteiger partial charge in [-0.05, 0) is 66.4 Å². The average Bonchev–Trinajstić information content (AvgIpc) is 3.18. The Bertz CT molecular complexity index is 2160. The highest BCUT2D eigenvalue weighted by Crippen LogP contribution is 2.64. The van der Waals surface area contributed by atoms with Crippen molar-refractivity contribution in [1.29, 1.82) is 0 Å². The van der Waals surface area contributed by atoms with Gasteiger partial charge in [-0.15, -0.1) is 0 Å². The van der Waals surface area contributed by atoms with Crippen molar-refractivity contribution in [3.8, 4) is 0 Å². The zero-order valence-corrected chi connectivity index (χ0v) is 36.9. The lowest BCUT2D eigenvalue weighted by atomic mass is 9.94. The summed E-state index contributed by atoms with van der Waals surface area (Å²) in [5, 5.41) is -4.50. The van der Waals surface area contributed by atoms with Crippen LogP contribution in [0.2, 0.25) is 0 Å². The summed E-state index contributed by atoms with van der Waals surface area (Å²) in [4.78, 5) is 25.6. The summed E-state index contributed by atoms with van der Waals surface area (Å²) in [6, 6.07) is 0. The normalized spacial score (nSPS) is 14.7. The predicted octanol–water partition coefficient (Wildman–Crippen LogP) is 16.6. The van der Waals surface area contributed by atoms with Gasteiger partial charge in [0.15, 0.2) is 0 Å². The van der Waals surface area contributed by atoms with Crippen LogP contribution in [-0.4, -0.2) is 111 Å². The summed E-state index contributed by atoms with van der Waals surface area (Å²) in [6.07, 6.45) is -21.7.